The maximum atomic E-state index is 6.12. The molecule has 0 aromatic carbocycles. The Morgan fingerprint density at radius 1 is 1.59 bits per heavy atom. The Bertz CT molecular complexity index is 522. The highest BCUT2D eigenvalue weighted by Crippen LogP contribution is 2.32. The standard InChI is InChI=1S/C12H12ClN3S/c1-7-6-17-11(13)10(7)16-12-14-8-4-2-3-5-9(8)15-12/h2-4,6,9H,5H2,1H3,(H2,14,15,16). The minimum Gasteiger partial charge on any atom is -0.347 e. The second-order valence-electron chi connectivity index (χ2n) is 4.11. The van der Waals surface area contributed by atoms with Crippen LogP contribution in [0, 0.1) is 6.92 Å². The quantitative estimate of drug-likeness (QED) is 0.817. The van der Waals surface area contributed by atoms with Gasteiger partial charge in [-0.15, -0.1) is 11.3 Å². The fraction of sp³-hybridized carbons (Fsp3) is 0.250. The van der Waals surface area contributed by atoms with Gasteiger partial charge < -0.3 is 10.6 Å². The van der Waals surface area contributed by atoms with Gasteiger partial charge in [0, 0.05) is 0 Å². The number of thiophene rings is 1. The highest BCUT2D eigenvalue weighted by molar-refractivity contribution is 7.15. The van der Waals surface area contributed by atoms with E-state index < -0.39 is 0 Å². The minimum absolute atomic E-state index is 0.306. The molecule has 0 bridgehead atoms. The van der Waals surface area contributed by atoms with Crippen LogP contribution in [0.3, 0.4) is 0 Å². The number of nitrogens with one attached hydrogen (secondary N) is 2. The molecule has 1 aliphatic carbocycles. The van der Waals surface area contributed by atoms with Gasteiger partial charge in [0.25, 0.3) is 0 Å². The SMILES string of the molecule is Cc1csc(Cl)c1NC1=NC2=CC=CCC2N1. The molecule has 3 nitrogen and oxygen atoms in total. The van der Waals surface area contributed by atoms with E-state index in [1.165, 1.54) is 11.3 Å². The van der Waals surface area contributed by atoms with Gasteiger partial charge in [-0.05, 0) is 30.4 Å². The van der Waals surface area contributed by atoms with E-state index in [1.807, 2.05) is 24.5 Å². The van der Waals surface area contributed by atoms with E-state index in [0.29, 0.717) is 6.04 Å². The molecule has 1 unspecified atom stereocenters. The van der Waals surface area contributed by atoms with E-state index in [2.05, 4.69) is 21.7 Å². The number of hydrogen-bond acceptors (Lipinski definition) is 4. The molecule has 2 N–H and O–H groups in total. The Hall–Kier alpha value is -1.26. The number of nitrogens with zero attached hydrogens (tertiary/aromatic N) is 1. The van der Waals surface area contributed by atoms with E-state index in [1.54, 1.807) is 0 Å². The smallest absolute Gasteiger partial charge is 0.201 e. The van der Waals surface area contributed by atoms with Gasteiger partial charge in [0.05, 0.1) is 17.4 Å². The van der Waals surface area contributed by atoms with Crippen LogP contribution in [0.15, 0.2) is 34.3 Å². The van der Waals surface area contributed by atoms with Crippen molar-refractivity contribution in [2.75, 3.05) is 5.32 Å². The van der Waals surface area contributed by atoms with Crippen LogP contribution < -0.4 is 10.6 Å². The van der Waals surface area contributed by atoms with Crippen molar-refractivity contribution in [2.24, 2.45) is 4.99 Å². The summed E-state index contributed by atoms with van der Waals surface area (Å²) >= 11 is 7.66. The molecule has 0 amide bonds. The zero-order valence-electron chi connectivity index (χ0n) is 9.33. The second kappa shape index (κ2) is 4.20. The monoisotopic (exact) mass is 265 g/mol. The molecule has 0 fully saturated rings. The second-order valence-corrected chi connectivity index (χ2v) is 5.59. The lowest BCUT2D eigenvalue weighted by Crippen LogP contribution is -2.33. The highest BCUT2D eigenvalue weighted by Gasteiger charge is 2.23. The molecule has 2 aliphatic rings. The third kappa shape index (κ3) is 1.98. The third-order valence-corrected chi connectivity index (χ3v) is 4.20. The normalized spacial score (nSPS) is 21.6. The fourth-order valence-electron chi connectivity index (χ4n) is 1.94. The van der Waals surface area contributed by atoms with Crippen molar-refractivity contribution in [3.63, 3.8) is 0 Å². The fourth-order valence-corrected chi connectivity index (χ4v) is 2.99. The van der Waals surface area contributed by atoms with Crippen LogP contribution in [-0.4, -0.2) is 12.0 Å². The molecule has 0 saturated heterocycles. The molecule has 2 heterocycles. The van der Waals surface area contributed by atoms with E-state index >= 15 is 0 Å². The van der Waals surface area contributed by atoms with Gasteiger partial charge in [0.15, 0.2) is 0 Å². The summed E-state index contributed by atoms with van der Waals surface area (Å²) in [6.07, 6.45) is 7.21. The predicted octanol–water partition coefficient (Wildman–Crippen LogP) is 3.29. The Morgan fingerprint density at radius 3 is 3.18 bits per heavy atom. The van der Waals surface area contributed by atoms with Crippen molar-refractivity contribution in [3.05, 3.63) is 39.2 Å². The molecule has 5 heteroatoms. The van der Waals surface area contributed by atoms with E-state index in [9.17, 15) is 0 Å². The van der Waals surface area contributed by atoms with Crippen molar-refractivity contribution < 1.29 is 0 Å². The molecule has 1 aromatic heterocycles. The van der Waals surface area contributed by atoms with Crippen LogP contribution in [0.5, 0.6) is 0 Å². The third-order valence-electron chi connectivity index (χ3n) is 2.86. The first kappa shape index (κ1) is 10.9. The molecule has 17 heavy (non-hydrogen) atoms. The molecule has 1 aromatic rings. The summed E-state index contributed by atoms with van der Waals surface area (Å²) < 4.78 is 0.772. The number of allylic oxidation sites excluding steroid dienone is 2. The molecule has 0 radical (unpaired) electrons. The van der Waals surface area contributed by atoms with Crippen LogP contribution in [0.25, 0.3) is 0 Å². The van der Waals surface area contributed by atoms with E-state index in [4.69, 9.17) is 11.6 Å². The Labute approximate surface area is 109 Å². The summed E-state index contributed by atoms with van der Waals surface area (Å²) in [5, 5.41) is 8.65. The van der Waals surface area contributed by atoms with Gasteiger partial charge >= 0.3 is 0 Å². The van der Waals surface area contributed by atoms with Crippen LogP contribution >= 0.6 is 22.9 Å². The van der Waals surface area contributed by atoms with Crippen LogP contribution in [0.4, 0.5) is 5.69 Å². The van der Waals surface area contributed by atoms with E-state index in [0.717, 1.165) is 33.7 Å². The number of guanidine groups is 1. The Kier molecular flexibility index (Phi) is 2.68. The first-order valence-electron chi connectivity index (χ1n) is 5.46. The zero-order chi connectivity index (χ0) is 11.8. The van der Waals surface area contributed by atoms with Crippen LogP contribution in [-0.2, 0) is 0 Å². The summed E-state index contributed by atoms with van der Waals surface area (Å²) in [4.78, 5) is 4.52. The molecule has 0 saturated carbocycles. The Balaban J connectivity index is 1.82. The molecule has 1 aliphatic heterocycles. The zero-order valence-corrected chi connectivity index (χ0v) is 10.9. The average Bonchev–Trinajstić information content (AvgIpc) is 2.87. The predicted molar refractivity (Wildman–Crippen MR) is 73.9 cm³/mol. The molecule has 88 valence electrons. The highest BCUT2D eigenvalue weighted by atomic mass is 35.5. The number of fused-ring (bicyclic) bond motifs is 1. The van der Waals surface area contributed by atoms with Crippen molar-refractivity contribution in [1.29, 1.82) is 0 Å². The molecule has 0 spiro atoms. The lowest BCUT2D eigenvalue weighted by atomic mass is 10.1. The largest absolute Gasteiger partial charge is 0.347 e. The van der Waals surface area contributed by atoms with Gasteiger partial charge in [0.1, 0.15) is 4.34 Å². The van der Waals surface area contributed by atoms with Crippen LogP contribution in [0.2, 0.25) is 4.34 Å². The van der Waals surface area contributed by atoms with Crippen molar-refractivity contribution in [2.45, 2.75) is 19.4 Å². The summed E-state index contributed by atoms with van der Waals surface area (Å²) in [5.74, 6) is 0.786. The van der Waals surface area contributed by atoms with Gasteiger partial charge in [0.2, 0.25) is 5.96 Å². The summed E-state index contributed by atoms with van der Waals surface area (Å²) in [7, 11) is 0. The number of rotatable bonds is 1. The number of hydrogen-bond donors (Lipinski definition) is 2. The topological polar surface area (TPSA) is 36.4 Å². The molecular formula is C12H12ClN3S. The molecular weight excluding hydrogens is 254 g/mol. The first-order valence-corrected chi connectivity index (χ1v) is 6.72. The van der Waals surface area contributed by atoms with Gasteiger partial charge in [-0.2, -0.15) is 0 Å². The Morgan fingerprint density at radius 2 is 2.47 bits per heavy atom. The lowest BCUT2D eigenvalue weighted by molar-refractivity contribution is 0.722. The molecule has 1 atom stereocenters. The number of aryl methyl sites for hydroxylation is 1. The van der Waals surface area contributed by atoms with Crippen LogP contribution in [0.1, 0.15) is 12.0 Å². The number of halogens is 1. The lowest BCUT2D eigenvalue weighted by Gasteiger charge is -2.13. The van der Waals surface area contributed by atoms with Crippen molar-refractivity contribution in [3.8, 4) is 0 Å². The summed E-state index contributed by atoms with van der Waals surface area (Å²) in [6.45, 7) is 2.04. The summed E-state index contributed by atoms with van der Waals surface area (Å²) in [6, 6.07) is 0.306. The summed E-state index contributed by atoms with van der Waals surface area (Å²) in [5.41, 5.74) is 3.18. The van der Waals surface area contributed by atoms with Gasteiger partial charge in [-0.1, -0.05) is 23.8 Å². The maximum Gasteiger partial charge on any atom is 0.201 e. The van der Waals surface area contributed by atoms with Crippen molar-refractivity contribution in [1.82, 2.24) is 5.32 Å². The number of anilines is 1. The first-order chi connectivity index (χ1) is 8.24. The van der Waals surface area contributed by atoms with Gasteiger partial charge in [-0.25, -0.2) is 4.99 Å². The average molecular weight is 266 g/mol. The maximum absolute atomic E-state index is 6.12. The van der Waals surface area contributed by atoms with Gasteiger partial charge in [-0.3, -0.25) is 0 Å². The van der Waals surface area contributed by atoms with Crippen molar-refractivity contribution >= 4 is 34.6 Å². The molecule has 3 rings (SSSR count). The van der Waals surface area contributed by atoms with E-state index in [-0.39, 0.29) is 0 Å². The number of aliphatic imine (C=N–C) groups is 1. The minimum atomic E-state index is 0.306.